The molecule has 154 valence electrons. The van der Waals surface area contributed by atoms with E-state index in [-0.39, 0.29) is 23.0 Å². The van der Waals surface area contributed by atoms with E-state index in [0.29, 0.717) is 24.2 Å². The molecule has 1 aliphatic heterocycles. The van der Waals surface area contributed by atoms with Crippen molar-refractivity contribution < 1.29 is 12.8 Å². The molecule has 0 N–H and O–H groups in total. The molecule has 0 saturated carbocycles. The van der Waals surface area contributed by atoms with E-state index in [9.17, 15) is 13.2 Å². The highest BCUT2D eigenvalue weighted by molar-refractivity contribution is 7.98. The van der Waals surface area contributed by atoms with Crippen LogP contribution in [-0.2, 0) is 29.1 Å². The summed E-state index contributed by atoms with van der Waals surface area (Å²) < 4.78 is 30.7. The van der Waals surface area contributed by atoms with Gasteiger partial charge in [-0.2, -0.15) is 0 Å². The first-order valence-electron chi connectivity index (χ1n) is 9.48. The minimum absolute atomic E-state index is 0.106. The fourth-order valence-electron chi connectivity index (χ4n) is 3.73. The van der Waals surface area contributed by atoms with Crippen LogP contribution < -0.4 is 5.63 Å². The van der Waals surface area contributed by atoms with Crippen LogP contribution in [0.25, 0.3) is 11.0 Å². The van der Waals surface area contributed by atoms with Crippen LogP contribution in [0.2, 0.25) is 0 Å². The van der Waals surface area contributed by atoms with E-state index < -0.39 is 9.84 Å². The van der Waals surface area contributed by atoms with E-state index in [0.717, 1.165) is 33.1 Å². The maximum absolute atomic E-state index is 12.0. The topological polar surface area (TPSA) is 95.1 Å². The third-order valence-electron chi connectivity index (χ3n) is 5.60. The molecule has 3 aromatic rings. The van der Waals surface area contributed by atoms with Crippen molar-refractivity contribution in [2.45, 2.75) is 37.6 Å². The maximum Gasteiger partial charge on any atom is 0.336 e. The van der Waals surface area contributed by atoms with Gasteiger partial charge in [0.15, 0.2) is 15.0 Å². The highest BCUT2D eigenvalue weighted by atomic mass is 32.2. The Morgan fingerprint density at radius 3 is 2.79 bits per heavy atom. The van der Waals surface area contributed by atoms with Crippen molar-refractivity contribution >= 4 is 32.6 Å². The molecule has 1 atom stereocenters. The lowest BCUT2D eigenvalue weighted by Gasteiger charge is -2.09. The molecule has 1 aromatic carbocycles. The van der Waals surface area contributed by atoms with Crippen molar-refractivity contribution in [3.05, 3.63) is 51.1 Å². The minimum atomic E-state index is -2.90. The Balaban J connectivity index is 1.54. The summed E-state index contributed by atoms with van der Waals surface area (Å²) in [7, 11) is -1.01. The minimum Gasteiger partial charge on any atom is -0.422 e. The molecule has 7 nitrogen and oxygen atoms in total. The van der Waals surface area contributed by atoms with Gasteiger partial charge in [0.25, 0.3) is 0 Å². The van der Waals surface area contributed by atoms with E-state index in [4.69, 9.17) is 4.42 Å². The van der Waals surface area contributed by atoms with Gasteiger partial charge in [-0.3, -0.25) is 0 Å². The summed E-state index contributed by atoms with van der Waals surface area (Å²) in [6, 6.07) is 5.55. The van der Waals surface area contributed by atoms with Gasteiger partial charge in [-0.15, -0.1) is 10.2 Å². The molecule has 9 heteroatoms. The van der Waals surface area contributed by atoms with Crippen molar-refractivity contribution in [3.63, 3.8) is 0 Å². The Kier molecular flexibility index (Phi) is 5.29. The van der Waals surface area contributed by atoms with Gasteiger partial charge in [-0.1, -0.05) is 23.9 Å². The molecule has 4 rings (SSSR count). The predicted molar refractivity (Wildman–Crippen MR) is 113 cm³/mol. The number of fused-ring (bicyclic) bond motifs is 1. The molecule has 0 spiro atoms. The first-order chi connectivity index (χ1) is 13.7. The molecule has 29 heavy (non-hydrogen) atoms. The largest absolute Gasteiger partial charge is 0.422 e. The number of sulfone groups is 1. The van der Waals surface area contributed by atoms with E-state index in [1.807, 2.05) is 37.6 Å². The van der Waals surface area contributed by atoms with Crippen molar-refractivity contribution in [3.8, 4) is 0 Å². The Bertz CT molecular complexity index is 1240. The smallest absolute Gasteiger partial charge is 0.336 e. The SMILES string of the molecule is Cc1ccc2c(CSc3nnc(CC4CCS(=O)(=O)C4)n3C)cc(=O)oc2c1C. The van der Waals surface area contributed by atoms with Gasteiger partial charge in [0.2, 0.25) is 0 Å². The third kappa shape index (κ3) is 4.11. The molecule has 0 radical (unpaired) electrons. The normalized spacial score (nSPS) is 18.5. The standard InChI is InChI=1S/C20H23N3O4S2/c1-12-4-5-16-15(9-18(24)27-19(16)13(12)2)10-28-20-22-21-17(23(20)3)8-14-6-7-29(25,26)11-14/h4-5,9,14H,6-8,10-11H2,1-3H3. The average Bonchev–Trinajstić information content (AvgIpc) is 3.18. The van der Waals surface area contributed by atoms with Crippen LogP contribution in [0.4, 0.5) is 0 Å². The van der Waals surface area contributed by atoms with Crippen LogP contribution in [0.15, 0.2) is 32.6 Å². The van der Waals surface area contributed by atoms with Crippen LogP contribution >= 0.6 is 11.8 Å². The van der Waals surface area contributed by atoms with Gasteiger partial charge < -0.3 is 8.98 Å². The second kappa shape index (κ2) is 7.60. The summed E-state index contributed by atoms with van der Waals surface area (Å²) in [6.45, 7) is 3.95. The zero-order chi connectivity index (χ0) is 20.8. The average molecular weight is 434 g/mol. The first kappa shape index (κ1) is 20.2. The number of rotatable bonds is 5. The van der Waals surface area contributed by atoms with Gasteiger partial charge in [-0.05, 0) is 42.9 Å². The van der Waals surface area contributed by atoms with Gasteiger partial charge in [-0.25, -0.2) is 13.2 Å². The van der Waals surface area contributed by atoms with E-state index in [1.165, 1.54) is 17.8 Å². The molecule has 0 aliphatic carbocycles. The van der Waals surface area contributed by atoms with Crippen LogP contribution in [0.1, 0.15) is 28.9 Å². The third-order valence-corrected chi connectivity index (χ3v) is 8.50. The second-order valence-electron chi connectivity index (χ2n) is 7.69. The number of aromatic nitrogens is 3. The number of thioether (sulfide) groups is 1. The zero-order valence-electron chi connectivity index (χ0n) is 16.6. The number of hydrogen-bond donors (Lipinski definition) is 0. The van der Waals surface area contributed by atoms with Crippen LogP contribution in [-0.4, -0.2) is 34.7 Å². The molecular formula is C20H23N3O4S2. The van der Waals surface area contributed by atoms with Crippen molar-refractivity contribution in [1.29, 1.82) is 0 Å². The zero-order valence-corrected chi connectivity index (χ0v) is 18.3. The highest BCUT2D eigenvalue weighted by Crippen LogP contribution is 2.29. The summed E-state index contributed by atoms with van der Waals surface area (Å²) >= 11 is 1.50. The maximum atomic E-state index is 12.0. The van der Waals surface area contributed by atoms with Crippen LogP contribution in [0.3, 0.4) is 0 Å². The lowest BCUT2D eigenvalue weighted by atomic mass is 10.0. The van der Waals surface area contributed by atoms with Crippen LogP contribution in [0, 0.1) is 19.8 Å². The summed E-state index contributed by atoms with van der Waals surface area (Å²) in [5.41, 5.74) is 3.23. The number of aryl methyl sites for hydroxylation is 2. The van der Waals surface area contributed by atoms with E-state index >= 15 is 0 Å². The van der Waals surface area contributed by atoms with Crippen LogP contribution in [0.5, 0.6) is 0 Å². The summed E-state index contributed by atoms with van der Waals surface area (Å²) in [6.07, 6.45) is 1.29. The molecule has 0 amide bonds. The number of hydrogen-bond acceptors (Lipinski definition) is 7. The van der Waals surface area contributed by atoms with Crippen molar-refractivity contribution in [2.75, 3.05) is 11.5 Å². The lowest BCUT2D eigenvalue weighted by molar-refractivity contribution is 0.552. The van der Waals surface area contributed by atoms with Gasteiger partial charge in [0.1, 0.15) is 11.4 Å². The van der Waals surface area contributed by atoms with Gasteiger partial charge >= 0.3 is 5.63 Å². The fraction of sp³-hybridized carbons (Fsp3) is 0.450. The first-order valence-corrected chi connectivity index (χ1v) is 12.3. The molecule has 2 aromatic heterocycles. The summed E-state index contributed by atoms with van der Waals surface area (Å²) in [4.78, 5) is 12.0. The molecule has 1 aliphatic rings. The van der Waals surface area contributed by atoms with Gasteiger partial charge in [0.05, 0.1) is 11.5 Å². The Morgan fingerprint density at radius 2 is 2.07 bits per heavy atom. The predicted octanol–water partition coefficient (Wildman–Crippen LogP) is 2.81. The molecule has 1 fully saturated rings. The highest BCUT2D eigenvalue weighted by Gasteiger charge is 2.29. The molecule has 3 heterocycles. The monoisotopic (exact) mass is 433 g/mol. The molecular weight excluding hydrogens is 410 g/mol. The molecule has 1 unspecified atom stereocenters. The van der Waals surface area contributed by atoms with E-state index in [2.05, 4.69) is 10.2 Å². The Morgan fingerprint density at radius 1 is 1.28 bits per heavy atom. The summed E-state index contributed by atoms with van der Waals surface area (Å²) in [5.74, 6) is 1.95. The quantitative estimate of drug-likeness (QED) is 0.451. The Hall–Kier alpha value is -2.13. The van der Waals surface area contributed by atoms with Crippen molar-refractivity contribution in [1.82, 2.24) is 14.8 Å². The number of benzene rings is 1. The van der Waals surface area contributed by atoms with Gasteiger partial charge in [0, 0.05) is 30.7 Å². The second-order valence-corrected chi connectivity index (χ2v) is 10.9. The van der Waals surface area contributed by atoms with E-state index in [1.54, 1.807) is 0 Å². The molecule has 1 saturated heterocycles. The molecule has 0 bridgehead atoms. The number of nitrogens with zero attached hydrogens (tertiary/aromatic N) is 3. The fourth-order valence-corrected chi connectivity index (χ4v) is 6.51. The lowest BCUT2D eigenvalue weighted by Crippen LogP contribution is -2.11. The van der Waals surface area contributed by atoms with Crippen molar-refractivity contribution in [2.24, 2.45) is 13.0 Å². The Labute approximate surface area is 173 Å². The summed E-state index contributed by atoms with van der Waals surface area (Å²) in [5, 5.41) is 10.2.